The van der Waals surface area contributed by atoms with E-state index in [4.69, 9.17) is 0 Å². The summed E-state index contributed by atoms with van der Waals surface area (Å²) in [7, 11) is 0. The minimum Gasteiger partial charge on any atom is -0.351 e. The average Bonchev–Trinajstić information content (AvgIpc) is 2.67. The van der Waals surface area contributed by atoms with E-state index >= 15 is 0 Å². The SMILES string of the molecule is CCCNC(=O)NC(=O)CN1CCN(CC(=O)NCc2ccccc2)CC1. The summed E-state index contributed by atoms with van der Waals surface area (Å²) >= 11 is 0. The molecule has 2 rings (SSSR count). The zero-order valence-corrected chi connectivity index (χ0v) is 15.9. The van der Waals surface area contributed by atoms with Crippen LogP contribution in [-0.2, 0) is 16.1 Å². The maximum Gasteiger partial charge on any atom is 0.321 e. The lowest BCUT2D eigenvalue weighted by Gasteiger charge is -2.33. The van der Waals surface area contributed by atoms with Gasteiger partial charge in [-0.05, 0) is 12.0 Å². The number of hydrogen-bond donors (Lipinski definition) is 3. The summed E-state index contributed by atoms with van der Waals surface area (Å²) < 4.78 is 0. The number of carbonyl (C=O) groups is 3. The molecule has 0 spiro atoms. The summed E-state index contributed by atoms with van der Waals surface area (Å²) in [6.07, 6.45) is 0.822. The molecule has 0 bridgehead atoms. The first-order chi connectivity index (χ1) is 13.1. The molecule has 0 unspecified atom stereocenters. The van der Waals surface area contributed by atoms with E-state index in [1.165, 1.54) is 0 Å². The summed E-state index contributed by atoms with van der Waals surface area (Å²) in [6, 6.07) is 9.35. The first kappa shape index (κ1) is 20.9. The van der Waals surface area contributed by atoms with Crippen molar-refractivity contribution in [1.29, 1.82) is 0 Å². The van der Waals surface area contributed by atoms with Crippen LogP contribution in [0.5, 0.6) is 0 Å². The first-order valence-corrected chi connectivity index (χ1v) is 9.40. The van der Waals surface area contributed by atoms with Gasteiger partial charge < -0.3 is 10.6 Å². The molecule has 1 aromatic rings. The number of imide groups is 1. The first-order valence-electron chi connectivity index (χ1n) is 9.40. The summed E-state index contributed by atoms with van der Waals surface area (Å²) in [5.41, 5.74) is 1.07. The highest BCUT2D eigenvalue weighted by atomic mass is 16.2. The number of hydrogen-bond acceptors (Lipinski definition) is 5. The zero-order valence-electron chi connectivity index (χ0n) is 15.9. The predicted molar refractivity (Wildman–Crippen MR) is 103 cm³/mol. The molecule has 27 heavy (non-hydrogen) atoms. The third-order valence-corrected chi connectivity index (χ3v) is 4.32. The third kappa shape index (κ3) is 8.19. The van der Waals surface area contributed by atoms with Crippen molar-refractivity contribution in [2.24, 2.45) is 0 Å². The minimum atomic E-state index is -0.449. The van der Waals surface area contributed by atoms with Gasteiger partial charge in [-0.15, -0.1) is 0 Å². The smallest absolute Gasteiger partial charge is 0.321 e. The van der Waals surface area contributed by atoms with Gasteiger partial charge in [0.05, 0.1) is 13.1 Å². The molecule has 0 aliphatic carbocycles. The van der Waals surface area contributed by atoms with E-state index in [1.54, 1.807) is 0 Å². The molecule has 1 aliphatic heterocycles. The molecule has 0 atom stereocenters. The number of nitrogens with zero attached hydrogens (tertiary/aromatic N) is 2. The molecule has 0 saturated carbocycles. The van der Waals surface area contributed by atoms with Crippen molar-refractivity contribution in [3.63, 3.8) is 0 Å². The molecule has 4 amide bonds. The minimum absolute atomic E-state index is 0.00218. The molecule has 1 saturated heterocycles. The van der Waals surface area contributed by atoms with Crippen LogP contribution in [0.3, 0.4) is 0 Å². The van der Waals surface area contributed by atoms with E-state index in [2.05, 4.69) is 20.9 Å². The number of amides is 4. The van der Waals surface area contributed by atoms with Crippen molar-refractivity contribution < 1.29 is 14.4 Å². The maximum atomic E-state index is 12.1. The standard InChI is InChI=1S/C19H29N5O3/c1-2-8-20-19(27)22-18(26)15-24-11-9-23(10-12-24)14-17(25)21-13-16-6-4-3-5-7-16/h3-7H,2,8-15H2,1H3,(H,21,25)(H2,20,22,26,27). The van der Waals surface area contributed by atoms with Crippen LogP contribution >= 0.6 is 0 Å². The van der Waals surface area contributed by atoms with Crippen molar-refractivity contribution in [3.05, 3.63) is 35.9 Å². The Bertz CT molecular complexity index is 615. The van der Waals surface area contributed by atoms with Crippen LogP contribution in [-0.4, -0.2) is 73.5 Å². The van der Waals surface area contributed by atoms with Crippen LogP contribution in [0.25, 0.3) is 0 Å². The van der Waals surface area contributed by atoms with Gasteiger partial charge in [-0.25, -0.2) is 4.79 Å². The van der Waals surface area contributed by atoms with Crippen LogP contribution < -0.4 is 16.0 Å². The van der Waals surface area contributed by atoms with E-state index < -0.39 is 6.03 Å². The highest BCUT2D eigenvalue weighted by Gasteiger charge is 2.21. The molecule has 8 heteroatoms. The lowest BCUT2D eigenvalue weighted by Crippen LogP contribution is -2.52. The summed E-state index contributed by atoms with van der Waals surface area (Å²) in [6.45, 7) is 6.38. The molecule has 148 valence electrons. The van der Waals surface area contributed by atoms with E-state index in [1.807, 2.05) is 42.2 Å². The summed E-state index contributed by atoms with van der Waals surface area (Å²) in [5.74, 6) is -0.310. The van der Waals surface area contributed by atoms with Crippen molar-refractivity contribution in [3.8, 4) is 0 Å². The Hall–Kier alpha value is -2.45. The largest absolute Gasteiger partial charge is 0.351 e. The fourth-order valence-electron chi connectivity index (χ4n) is 2.81. The lowest BCUT2D eigenvalue weighted by molar-refractivity contribution is -0.124. The number of piperazine rings is 1. The molecule has 1 fully saturated rings. The molecular weight excluding hydrogens is 346 g/mol. The van der Waals surface area contributed by atoms with Gasteiger partial charge in [-0.3, -0.25) is 24.7 Å². The van der Waals surface area contributed by atoms with Gasteiger partial charge in [0.15, 0.2) is 0 Å². The van der Waals surface area contributed by atoms with Crippen LogP contribution in [0.1, 0.15) is 18.9 Å². The van der Waals surface area contributed by atoms with Gasteiger partial charge in [0.2, 0.25) is 11.8 Å². The van der Waals surface area contributed by atoms with Gasteiger partial charge in [-0.2, -0.15) is 0 Å². The van der Waals surface area contributed by atoms with Crippen LogP contribution in [0, 0.1) is 0 Å². The van der Waals surface area contributed by atoms with Crippen LogP contribution in [0.4, 0.5) is 4.79 Å². The molecule has 1 aliphatic rings. The van der Waals surface area contributed by atoms with Gasteiger partial charge in [0, 0.05) is 39.3 Å². The second kappa shape index (κ2) is 11.3. The Morgan fingerprint density at radius 1 is 0.889 bits per heavy atom. The molecular formula is C19H29N5O3. The average molecular weight is 375 g/mol. The van der Waals surface area contributed by atoms with Crippen molar-refractivity contribution >= 4 is 17.8 Å². The molecule has 0 radical (unpaired) electrons. The number of benzene rings is 1. The normalized spacial score (nSPS) is 15.1. The lowest BCUT2D eigenvalue weighted by atomic mass is 10.2. The van der Waals surface area contributed by atoms with Gasteiger partial charge in [0.1, 0.15) is 0 Å². The Labute approximate surface area is 160 Å². The Morgan fingerprint density at radius 2 is 1.48 bits per heavy atom. The van der Waals surface area contributed by atoms with E-state index in [9.17, 15) is 14.4 Å². The third-order valence-electron chi connectivity index (χ3n) is 4.32. The monoisotopic (exact) mass is 375 g/mol. The highest BCUT2D eigenvalue weighted by molar-refractivity contribution is 5.95. The van der Waals surface area contributed by atoms with Gasteiger partial charge in [-0.1, -0.05) is 37.3 Å². The topological polar surface area (TPSA) is 93.8 Å². The highest BCUT2D eigenvalue weighted by Crippen LogP contribution is 2.02. The molecule has 1 aromatic carbocycles. The van der Waals surface area contributed by atoms with Crippen molar-refractivity contribution in [2.45, 2.75) is 19.9 Å². The molecule has 8 nitrogen and oxygen atoms in total. The van der Waals surface area contributed by atoms with Crippen molar-refractivity contribution in [2.75, 3.05) is 45.8 Å². The maximum absolute atomic E-state index is 12.1. The van der Waals surface area contributed by atoms with E-state index in [-0.39, 0.29) is 18.4 Å². The predicted octanol–water partition coefficient (Wildman–Crippen LogP) is 0.156. The molecule has 0 aromatic heterocycles. The molecule has 1 heterocycles. The Morgan fingerprint density at radius 3 is 2.07 bits per heavy atom. The second-order valence-corrected chi connectivity index (χ2v) is 6.62. The summed E-state index contributed by atoms with van der Waals surface area (Å²) in [4.78, 5) is 39.5. The fraction of sp³-hybridized carbons (Fsp3) is 0.526. The quantitative estimate of drug-likeness (QED) is 0.602. The van der Waals surface area contributed by atoms with Gasteiger partial charge >= 0.3 is 6.03 Å². The van der Waals surface area contributed by atoms with Crippen LogP contribution in [0.15, 0.2) is 30.3 Å². The van der Waals surface area contributed by atoms with Crippen LogP contribution in [0.2, 0.25) is 0 Å². The van der Waals surface area contributed by atoms with Crippen molar-refractivity contribution in [1.82, 2.24) is 25.8 Å². The van der Waals surface area contributed by atoms with E-state index in [0.29, 0.717) is 45.8 Å². The number of carbonyl (C=O) groups excluding carboxylic acids is 3. The summed E-state index contributed by atoms with van der Waals surface area (Å²) in [5, 5.41) is 7.87. The second-order valence-electron chi connectivity index (χ2n) is 6.62. The van der Waals surface area contributed by atoms with Gasteiger partial charge in [0.25, 0.3) is 0 Å². The molecule has 3 N–H and O–H groups in total. The zero-order chi connectivity index (χ0) is 19.5. The number of nitrogens with one attached hydrogen (secondary N) is 3. The Balaban J connectivity index is 1.61. The Kier molecular flexibility index (Phi) is 8.73. The van der Waals surface area contributed by atoms with E-state index in [0.717, 1.165) is 12.0 Å². The fourth-order valence-corrected chi connectivity index (χ4v) is 2.81. The number of rotatable bonds is 8. The number of urea groups is 1.